The van der Waals surface area contributed by atoms with Gasteiger partial charge in [-0.15, -0.1) is 12.6 Å². The third kappa shape index (κ3) is 0.744. The predicted molar refractivity (Wildman–Crippen MR) is 41.7 cm³/mol. The second kappa shape index (κ2) is 1.85. The molecule has 0 atom stereocenters. The molecule has 0 aromatic heterocycles. The summed E-state index contributed by atoms with van der Waals surface area (Å²) in [4.78, 5) is 0.0741. The van der Waals surface area contributed by atoms with Crippen LogP contribution in [0.2, 0.25) is 0 Å². The van der Waals surface area contributed by atoms with E-state index >= 15 is 0 Å². The molecule has 0 aliphatic heterocycles. The van der Waals surface area contributed by atoms with Gasteiger partial charge in [-0.1, -0.05) is 6.58 Å². The number of thiol groups is 1. The summed E-state index contributed by atoms with van der Waals surface area (Å²) in [5.41, 5.74) is 2.04. The number of benzene rings is 1. The molecule has 1 aliphatic carbocycles. The number of hydrogen-bond donors (Lipinski definition) is 1. The van der Waals surface area contributed by atoms with Crippen molar-refractivity contribution in [1.82, 2.24) is 0 Å². The molecule has 0 N–H and O–H groups in total. The van der Waals surface area contributed by atoms with Crippen LogP contribution >= 0.6 is 12.6 Å². The number of fused-ring (bicyclic) bond motifs is 1. The van der Waals surface area contributed by atoms with Crippen LogP contribution in [0.15, 0.2) is 17.5 Å². The smallest absolute Gasteiger partial charge is 0.172 e. The van der Waals surface area contributed by atoms with Gasteiger partial charge in [0.05, 0.1) is 4.90 Å². The van der Waals surface area contributed by atoms with Crippen molar-refractivity contribution in [2.24, 2.45) is 0 Å². The van der Waals surface area contributed by atoms with Crippen LogP contribution < -0.4 is 0 Å². The summed E-state index contributed by atoms with van der Waals surface area (Å²) >= 11 is 3.82. The van der Waals surface area contributed by atoms with Crippen LogP contribution in [-0.4, -0.2) is 0 Å². The highest BCUT2D eigenvalue weighted by Gasteiger charge is 2.29. The predicted octanol–water partition coefficient (Wildman–Crippen LogP) is 2.63. The maximum absolute atomic E-state index is 12.7. The van der Waals surface area contributed by atoms with Crippen LogP contribution in [0.5, 0.6) is 0 Å². The standard InChI is InChI=1S/C8H4F2S/c1-3-4-2-5(9)7(10)8(11)6(3)4/h2,11H,1H2. The summed E-state index contributed by atoms with van der Waals surface area (Å²) < 4.78 is 25.3. The zero-order chi connectivity index (χ0) is 8.17. The Morgan fingerprint density at radius 1 is 1.36 bits per heavy atom. The highest BCUT2D eigenvalue weighted by molar-refractivity contribution is 7.80. The zero-order valence-corrected chi connectivity index (χ0v) is 6.38. The fraction of sp³-hybridized carbons (Fsp3) is 0. The van der Waals surface area contributed by atoms with Gasteiger partial charge in [0.1, 0.15) is 0 Å². The number of halogens is 2. The fourth-order valence-corrected chi connectivity index (χ4v) is 1.45. The largest absolute Gasteiger partial charge is 0.204 e. The van der Waals surface area contributed by atoms with Crippen LogP contribution in [0.1, 0.15) is 11.1 Å². The molecule has 0 bridgehead atoms. The lowest BCUT2D eigenvalue weighted by molar-refractivity contribution is 0.493. The summed E-state index contributed by atoms with van der Waals surface area (Å²) in [5.74, 6) is -1.74. The van der Waals surface area contributed by atoms with Crippen molar-refractivity contribution in [3.63, 3.8) is 0 Å². The number of hydrogen-bond acceptors (Lipinski definition) is 1. The molecule has 0 nitrogen and oxygen atoms in total. The Hall–Kier alpha value is -0.830. The summed E-state index contributed by atoms with van der Waals surface area (Å²) in [6, 6.07) is 1.15. The summed E-state index contributed by atoms with van der Waals surface area (Å²) in [5, 5.41) is 0. The van der Waals surface area contributed by atoms with E-state index in [-0.39, 0.29) is 4.90 Å². The SMILES string of the molecule is C=C1c2cc(F)c(F)c(S)c21. The summed E-state index contributed by atoms with van der Waals surface area (Å²) in [6.07, 6.45) is 0. The maximum atomic E-state index is 12.7. The molecule has 2 rings (SSSR count). The second-order valence-corrected chi connectivity index (χ2v) is 2.87. The van der Waals surface area contributed by atoms with E-state index in [2.05, 4.69) is 19.2 Å². The highest BCUT2D eigenvalue weighted by Crippen LogP contribution is 2.46. The van der Waals surface area contributed by atoms with Gasteiger partial charge in [0, 0.05) is 5.56 Å². The Labute approximate surface area is 68.0 Å². The Morgan fingerprint density at radius 2 is 2.00 bits per heavy atom. The van der Waals surface area contributed by atoms with Crippen LogP contribution in [0.4, 0.5) is 8.78 Å². The van der Waals surface area contributed by atoms with E-state index in [1.165, 1.54) is 0 Å². The zero-order valence-electron chi connectivity index (χ0n) is 5.49. The summed E-state index contributed by atoms with van der Waals surface area (Å²) in [7, 11) is 0. The van der Waals surface area contributed by atoms with E-state index in [1.54, 1.807) is 0 Å². The average molecular weight is 170 g/mol. The highest BCUT2D eigenvalue weighted by atomic mass is 32.1. The first-order valence-electron chi connectivity index (χ1n) is 3.03. The van der Waals surface area contributed by atoms with Crippen LogP contribution in [0, 0.1) is 11.6 Å². The van der Waals surface area contributed by atoms with E-state index in [0.717, 1.165) is 6.07 Å². The van der Waals surface area contributed by atoms with Crippen LogP contribution in [-0.2, 0) is 0 Å². The molecule has 1 aromatic rings. The maximum Gasteiger partial charge on any atom is 0.172 e. The quantitative estimate of drug-likeness (QED) is 0.577. The second-order valence-electron chi connectivity index (χ2n) is 2.42. The van der Waals surface area contributed by atoms with E-state index < -0.39 is 11.6 Å². The normalized spacial score (nSPS) is 13.2. The lowest BCUT2D eigenvalue weighted by Gasteiger charge is -1.91. The molecule has 0 spiro atoms. The van der Waals surface area contributed by atoms with Gasteiger partial charge in [-0.2, -0.15) is 0 Å². The molecular formula is C8H4F2S. The van der Waals surface area contributed by atoms with Gasteiger partial charge in [0.15, 0.2) is 11.6 Å². The van der Waals surface area contributed by atoms with E-state index in [1.807, 2.05) is 0 Å². The molecule has 1 aliphatic rings. The van der Waals surface area contributed by atoms with Crippen LogP contribution in [0.3, 0.4) is 0 Å². The molecule has 0 saturated carbocycles. The molecule has 0 amide bonds. The Kier molecular flexibility index (Phi) is 1.16. The lowest BCUT2D eigenvalue weighted by atomic mass is 10.3. The van der Waals surface area contributed by atoms with Gasteiger partial charge >= 0.3 is 0 Å². The van der Waals surface area contributed by atoms with E-state index in [9.17, 15) is 8.78 Å². The third-order valence-electron chi connectivity index (χ3n) is 1.76. The first-order valence-corrected chi connectivity index (χ1v) is 3.48. The van der Waals surface area contributed by atoms with Crippen molar-refractivity contribution in [2.75, 3.05) is 0 Å². The van der Waals surface area contributed by atoms with Gasteiger partial charge in [-0.05, 0) is 17.2 Å². The van der Waals surface area contributed by atoms with Gasteiger partial charge in [-0.3, -0.25) is 0 Å². The molecule has 0 saturated heterocycles. The van der Waals surface area contributed by atoms with Crippen molar-refractivity contribution in [1.29, 1.82) is 0 Å². The van der Waals surface area contributed by atoms with E-state index in [4.69, 9.17) is 0 Å². The minimum absolute atomic E-state index is 0.0741. The van der Waals surface area contributed by atoms with Gasteiger partial charge in [0.2, 0.25) is 0 Å². The first kappa shape index (κ1) is 6.85. The van der Waals surface area contributed by atoms with Crippen molar-refractivity contribution in [3.05, 3.63) is 35.4 Å². The molecule has 0 heterocycles. The Morgan fingerprint density at radius 3 is 2.64 bits per heavy atom. The Balaban J connectivity index is 2.77. The van der Waals surface area contributed by atoms with E-state index in [0.29, 0.717) is 16.7 Å². The topological polar surface area (TPSA) is 0 Å². The molecule has 1 aromatic carbocycles. The third-order valence-corrected chi connectivity index (χ3v) is 2.18. The van der Waals surface area contributed by atoms with Crippen molar-refractivity contribution < 1.29 is 8.78 Å². The Bertz CT molecular complexity index is 369. The van der Waals surface area contributed by atoms with Crippen molar-refractivity contribution in [2.45, 2.75) is 4.90 Å². The molecule has 0 unspecified atom stereocenters. The molecule has 0 fully saturated rings. The molecule has 56 valence electrons. The summed E-state index contributed by atoms with van der Waals surface area (Å²) in [6.45, 7) is 3.60. The fourth-order valence-electron chi connectivity index (χ4n) is 1.09. The number of rotatable bonds is 0. The minimum atomic E-state index is -0.884. The molecular weight excluding hydrogens is 166 g/mol. The molecule has 0 radical (unpaired) electrons. The van der Waals surface area contributed by atoms with Crippen LogP contribution in [0.25, 0.3) is 5.57 Å². The monoisotopic (exact) mass is 170 g/mol. The first-order chi connectivity index (χ1) is 5.13. The molecule has 3 heteroatoms. The van der Waals surface area contributed by atoms with Gasteiger partial charge in [-0.25, -0.2) is 8.78 Å². The van der Waals surface area contributed by atoms with Crippen molar-refractivity contribution in [3.8, 4) is 0 Å². The van der Waals surface area contributed by atoms with Gasteiger partial charge < -0.3 is 0 Å². The lowest BCUT2D eigenvalue weighted by Crippen LogP contribution is -1.82. The van der Waals surface area contributed by atoms with Crippen molar-refractivity contribution >= 4 is 18.2 Å². The average Bonchev–Trinajstić information content (AvgIpc) is 2.57. The van der Waals surface area contributed by atoms with Gasteiger partial charge in [0.25, 0.3) is 0 Å². The molecule has 11 heavy (non-hydrogen) atoms. The minimum Gasteiger partial charge on any atom is -0.204 e.